The average molecular weight is 339 g/mol. The monoisotopic (exact) mass is 339 g/mol. The second-order valence-electron chi connectivity index (χ2n) is 6.32. The highest BCUT2D eigenvalue weighted by molar-refractivity contribution is 7.85. The van der Waals surface area contributed by atoms with E-state index < -0.39 is 22.0 Å². The minimum atomic E-state index is -3.51. The zero-order chi connectivity index (χ0) is 17.1. The Bertz CT molecular complexity index is 489. The normalized spacial score (nSPS) is 23.6. The Morgan fingerprint density at radius 2 is 2.05 bits per heavy atom. The van der Waals surface area contributed by atoms with Crippen LogP contribution in [0.3, 0.4) is 0 Å². The first-order valence-corrected chi connectivity index (χ1v) is 8.92. The SMILES string of the molecule is CC(C)[C@@H](COS(C)(=O)=O)C[C@H]1COC(C)(C)N1OC(=O)O. The molecule has 0 aliphatic carbocycles. The van der Waals surface area contributed by atoms with Gasteiger partial charge < -0.3 is 14.7 Å². The summed E-state index contributed by atoms with van der Waals surface area (Å²) in [5, 5.41) is 10.2. The number of hydrogen-bond acceptors (Lipinski definition) is 7. The fourth-order valence-electron chi connectivity index (χ4n) is 2.40. The molecule has 0 aromatic carbocycles. The van der Waals surface area contributed by atoms with E-state index in [1.165, 1.54) is 5.06 Å². The maximum Gasteiger partial charge on any atom is 0.525 e. The van der Waals surface area contributed by atoms with E-state index in [0.29, 0.717) is 13.0 Å². The van der Waals surface area contributed by atoms with Crippen LogP contribution in [-0.4, -0.2) is 56.0 Å². The minimum Gasteiger partial charge on any atom is -0.448 e. The van der Waals surface area contributed by atoms with Gasteiger partial charge in [0.15, 0.2) is 0 Å². The number of hydroxylamine groups is 2. The molecule has 0 amide bonds. The van der Waals surface area contributed by atoms with Gasteiger partial charge in [-0.05, 0) is 32.1 Å². The lowest BCUT2D eigenvalue weighted by molar-refractivity contribution is -0.228. The summed E-state index contributed by atoms with van der Waals surface area (Å²) in [7, 11) is -3.51. The van der Waals surface area contributed by atoms with Crippen LogP contribution in [0, 0.1) is 11.8 Å². The molecule has 0 saturated carbocycles. The van der Waals surface area contributed by atoms with Crippen LogP contribution in [0.15, 0.2) is 0 Å². The summed E-state index contributed by atoms with van der Waals surface area (Å²) in [6.45, 7) is 7.71. The Balaban J connectivity index is 2.77. The van der Waals surface area contributed by atoms with Crippen molar-refractivity contribution in [1.29, 1.82) is 0 Å². The van der Waals surface area contributed by atoms with Crippen LogP contribution in [0.25, 0.3) is 0 Å². The third-order valence-corrected chi connectivity index (χ3v) is 4.25. The van der Waals surface area contributed by atoms with Crippen molar-refractivity contribution >= 4 is 16.3 Å². The number of carboxylic acid groups (broad SMARTS) is 1. The smallest absolute Gasteiger partial charge is 0.448 e. The summed E-state index contributed by atoms with van der Waals surface area (Å²) < 4.78 is 32.8. The van der Waals surface area contributed by atoms with Crippen molar-refractivity contribution < 1.29 is 32.1 Å². The number of hydrogen-bond donors (Lipinski definition) is 1. The molecule has 0 bridgehead atoms. The molecular weight excluding hydrogens is 314 g/mol. The fourth-order valence-corrected chi connectivity index (χ4v) is 2.82. The number of nitrogens with zero attached hydrogens (tertiary/aromatic N) is 1. The summed E-state index contributed by atoms with van der Waals surface area (Å²) in [5.41, 5.74) is -0.859. The molecule has 9 heteroatoms. The van der Waals surface area contributed by atoms with Gasteiger partial charge in [-0.25, -0.2) is 4.79 Å². The molecule has 1 saturated heterocycles. The zero-order valence-electron chi connectivity index (χ0n) is 13.6. The Morgan fingerprint density at radius 3 is 2.50 bits per heavy atom. The molecule has 1 heterocycles. The molecule has 1 aliphatic rings. The van der Waals surface area contributed by atoms with Crippen molar-refractivity contribution in [2.24, 2.45) is 11.8 Å². The standard InChI is InChI=1S/C13H25NO7S/c1-9(2)10(7-20-22(5,17)18)6-11-8-19-13(3,4)14(11)21-12(15)16/h9-11H,6-8H2,1-5H3,(H,15,16)/t10-,11+/m1/s1. The Labute approximate surface area is 131 Å². The van der Waals surface area contributed by atoms with Crippen LogP contribution in [0.5, 0.6) is 0 Å². The van der Waals surface area contributed by atoms with Gasteiger partial charge in [0, 0.05) is 0 Å². The maximum absolute atomic E-state index is 11.1. The van der Waals surface area contributed by atoms with E-state index in [1.807, 2.05) is 13.8 Å². The first-order chi connectivity index (χ1) is 9.92. The average Bonchev–Trinajstić information content (AvgIpc) is 2.59. The molecule has 0 aromatic heterocycles. The fraction of sp³-hybridized carbons (Fsp3) is 0.923. The third kappa shape index (κ3) is 5.71. The van der Waals surface area contributed by atoms with Gasteiger partial charge in [-0.3, -0.25) is 4.18 Å². The lowest BCUT2D eigenvalue weighted by atomic mass is 9.90. The van der Waals surface area contributed by atoms with E-state index in [9.17, 15) is 13.2 Å². The second kappa shape index (κ2) is 7.12. The molecule has 1 fully saturated rings. The van der Waals surface area contributed by atoms with Crippen LogP contribution >= 0.6 is 0 Å². The Hall–Kier alpha value is -0.900. The Kier molecular flexibility index (Phi) is 6.19. The molecule has 0 spiro atoms. The van der Waals surface area contributed by atoms with Gasteiger partial charge in [0.05, 0.1) is 25.5 Å². The van der Waals surface area contributed by atoms with Crippen molar-refractivity contribution in [1.82, 2.24) is 5.06 Å². The maximum atomic E-state index is 11.1. The summed E-state index contributed by atoms with van der Waals surface area (Å²) in [4.78, 5) is 15.7. The van der Waals surface area contributed by atoms with Crippen LogP contribution in [0.2, 0.25) is 0 Å². The predicted octanol–water partition coefficient (Wildman–Crippen LogP) is 1.67. The zero-order valence-corrected chi connectivity index (χ0v) is 14.4. The number of carbonyl (C=O) groups is 1. The molecule has 0 unspecified atom stereocenters. The van der Waals surface area contributed by atoms with E-state index in [-0.39, 0.29) is 24.5 Å². The summed E-state index contributed by atoms with van der Waals surface area (Å²) in [6, 6.07) is -0.290. The van der Waals surface area contributed by atoms with E-state index >= 15 is 0 Å². The van der Waals surface area contributed by atoms with E-state index in [1.54, 1.807) is 13.8 Å². The number of ether oxygens (including phenoxy) is 1. The molecule has 1 aliphatic heterocycles. The quantitative estimate of drug-likeness (QED) is 0.699. The first-order valence-electron chi connectivity index (χ1n) is 7.11. The van der Waals surface area contributed by atoms with Gasteiger partial charge in [-0.2, -0.15) is 8.42 Å². The van der Waals surface area contributed by atoms with Gasteiger partial charge in [0.2, 0.25) is 0 Å². The molecule has 8 nitrogen and oxygen atoms in total. The largest absolute Gasteiger partial charge is 0.525 e. The van der Waals surface area contributed by atoms with E-state index in [0.717, 1.165) is 6.26 Å². The number of rotatable bonds is 7. The summed E-state index contributed by atoms with van der Waals surface area (Å²) in [6.07, 6.45) is 0.104. The van der Waals surface area contributed by atoms with Crippen molar-refractivity contribution in [2.75, 3.05) is 19.5 Å². The summed E-state index contributed by atoms with van der Waals surface area (Å²) >= 11 is 0. The molecule has 2 atom stereocenters. The Morgan fingerprint density at radius 1 is 1.45 bits per heavy atom. The van der Waals surface area contributed by atoms with Crippen LogP contribution in [0.1, 0.15) is 34.1 Å². The molecular formula is C13H25NO7S. The van der Waals surface area contributed by atoms with Crippen LogP contribution in [0.4, 0.5) is 4.79 Å². The summed E-state index contributed by atoms with van der Waals surface area (Å²) in [5.74, 6) is 0.0919. The second-order valence-corrected chi connectivity index (χ2v) is 7.97. The van der Waals surface area contributed by atoms with E-state index in [2.05, 4.69) is 0 Å². The van der Waals surface area contributed by atoms with Gasteiger partial charge >= 0.3 is 6.16 Å². The lowest BCUT2D eigenvalue weighted by Gasteiger charge is -2.32. The van der Waals surface area contributed by atoms with Gasteiger partial charge in [0.25, 0.3) is 10.1 Å². The first kappa shape index (κ1) is 19.1. The third-order valence-electron chi connectivity index (χ3n) is 3.68. The molecule has 0 radical (unpaired) electrons. The van der Waals surface area contributed by atoms with Crippen molar-refractivity contribution in [3.63, 3.8) is 0 Å². The predicted molar refractivity (Wildman–Crippen MR) is 78.5 cm³/mol. The molecule has 1 rings (SSSR count). The van der Waals surface area contributed by atoms with Crippen molar-refractivity contribution in [3.05, 3.63) is 0 Å². The topological polar surface area (TPSA) is 102 Å². The molecule has 1 N–H and O–H groups in total. The van der Waals surface area contributed by atoms with Gasteiger partial charge in [-0.1, -0.05) is 13.8 Å². The van der Waals surface area contributed by atoms with Crippen molar-refractivity contribution in [2.45, 2.75) is 45.9 Å². The van der Waals surface area contributed by atoms with Crippen LogP contribution in [-0.2, 0) is 23.9 Å². The molecule has 0 aromatic rings. The molecule has 22 heavy (non-hydrogen) atoms. The minimum absolute atomic E-state index is 0.0499. The van der Waals surface area contributed by atoms with Gasteiger partial charge in [0.1, 0.15) is 5.72 Å². The lowest BCUT2D eigenvalue weighted by Crippen LogP contribution is -2.46. The highest BCUT2D eigenvalue weighted by atomic mass is 32.2. The van der Waals surface area contributed by atoms with Crippen LogP contribution < -0.4 is 0 Å². The van der Waals surface area contributed by atoms with Gasteiger partial charge in [-0.15, -0.1) is 5.06 Å². The highest BCUT2D eigenvalue weighted by Crippen LogP contribution is 2.32. The highest BCUT2D eigenvalue weighted by Gasteiger charge is 2.45. The van der Waals surface area contributed by atoms with Crippen molar-refractivity contribution in [3.8, 4) is 0 Å². The molecule has 130 valence electrons. The van der Waals surface area contributed by atoms with E-state index in [4.69, 9.17) is 18.9 Å².